The van der Waals surface area contributed by atoms with Crippen LogP contribution in [-0.2, 0) is 0 Å². The van der Waals surface area contributed by atoms with E-state index < -0.39 is 0 Å². The van der Waals surface area contributed by atoms with E-state index >= 15 is 0 Å². The summed E-state index contributed by atoms with van der Waals surface area (Å²) >= 11 is 0. The summed E-state index contributed by atoms with van der Waals surface area (Å²) in [7, 11) is 0. The highest BCUT2D eigenvalue weighted by Gasteiger charge is 2.44. The van der Waals surface area contributed by atoms with Crippen LogP contribution in [0, 0.1) is 0 Å². The Labute approximate surface area is 73.8 Å². The summed E-state index contributed by atoms with van der Waals surface area (Å²) in [6.45, 7) is 7.53. The molecule has 0 radical (unpaired) electrons. The molecule has 2 heterocycles. The molecule has 0 aliphatic carbocycles. The van der Waals surface area contributed by atoms with Gasteiger partial charge in [0.25, 0.3) is 0 Å². The lowest BCUT2D eigenvalue weighted by molar-refractivity contribution is 0.0159. The summed E-state index contributed by atoms with van der Waals surface area (Å²) in [6.07, 6.45) is 0.793. The maximum atomic E-state index is 9.73. The van der Waals surface area contributed by atoms with Crippen molar-refractivity contribution in [2.24, 2.45) is 0 Å². The first-order valence-electron chi connectivity index (χ1n) is 4.78. The van der Waals surface area contributed by atoms with Gasteiger partial charge in [-0.05, 0) is 20.3 Å². The van der Waals surface area contributed by atoms with Crippen LogP contribution < -0.4 is 5.32 Å². The van der Waals surface area contributed by atoms with E-state index in [0.29, 0.717) is 6.04 Å². The molecule has 3 nitrogen and oxygen atoms in total. The number of rotatable bonds is 1. The van der Waals surface area contributed by atoms with Gasteiger partial charge in [0, 0.05) is 31.2 Å². The number of likely N-dealkylation sites (tertiary alicyclic amines) is 1. The van der Waals surface area contributed by atoms with Crippen LogP contribution in [0.5, 0.6) is 0 Å². The van der Waals surface area contributed by atoms with Gasteiger partial charge in [-0.15, -0.1) is 0 Å². The Morgan fingerprint density at radius 1 is 1.42 bits per heavy atom. The zero-order valence-electron chi connectivity index (χ0n) is 7.88. The van der Waals surface area contributed by atoms with Gasteiger partial charge in [-0.1, -0.05) is 0 Å². The predicted octanol–water partition coefficient (Wildman–Crippen LogP) is -0.197. The van der Waals surface area contributed by atoms with Crippen molar-refractivity contribution >= 4 is 0 Å². The molecule has 70 valence electrons. The van der Waals surface area contributed by atoms with Crippen molar-refractivity contribution in [1.82, 2.24) is 10.2 Å². The maximum Gasteiger partial charge on any atom is 0.0730 e. The lowest BCUT2D eigenvalue weighted by atomic mass is 9.96. The number of nitrogens with zero attached hydrogens (tertiary/aromatic N) is 1. The van der Waals surface area contributed by atoms with E-state index in [0.717, 1.165) is 26.1 Å². The molecule has 2 aliphatic rings. The van der Waals surface area contributed by atoms with Crippen LogP contribution in [0.4, 0.5) is 0 Å². The molecule has 0 aromatic rings. The molecule has 1 unspecified atom stereocenters. The minimum absolute atomic E-state index is 0.00718. The number of aliphatic hydroxyl groups excluding tert-OH is 1. The van der Waals surface area contributed by atoms with Crippen molar-refractivity contribution in [3.8, 4) is 0 Å². The molecule has 2 fully saturated rings. The van der Waals surface area contributed by atoms with E-state index in [9.17, 15) is 5.11 Å². The molecule has 3 heteroatoms. The van der Waals surface area contributed by atoms with Crippen LogP contribution in [-0.4, -0.2) is 47.3 Å². The first-order chi connectivity index (χ1) is 5.62. The van der Waals surface area contributed by atoms with E-state index in [-0.39, 0.29) is 11.6 Å². The maximum absolute atomic E-state index is 9.73. The predicted molar refractivity (Wildman–Crippen MR) is 48.1 cm³/mol. The van der Waals surface area contributed by atoms with Crippen LogP contribution in [0.3, 0.4) is 0 Å². The molecule has 0 aromatic carbocycles. The second-order valence-corrected chi connectivity index (χ2v) is 4.46. The minimum Gasteiger partial charge on any atom is -0.391 e. The normalized spacial score (nSPS) is 36.8. The Balaban J connectivity index is 2.06. The summed E-state index contributed by atoms with van der Waals surface area (Å²) in [5.41, 5.74) is -0.00718. The van der Waals surface area contributed by atoms with Crippen LogP contribution in [0.15, 0.2) is 0 Å². The molecular formula is C9H18N2O. The molecule has 0 amide bonds. The van der Waals surface area contributed by atoms with Crippen LogP contribution in [0.1, 0.15) is 20.3 Å². The Kier molecular flexibility index (Phi) is 1.90. The average Bonchev–Trinajstić information content (AvgIpc) is 2.12. The summed E-state index contributed by atoms with van der Waals surface area (Å²) in [5, 5.41) is 13.0. The zero-order chi connectivity index (χ0) is 8.77. The summed E-state index contributed by atoms with van der Waals surface area (Å²) < 4.78 is 0. The lowest BCUT2D eigenvalue weighted by Gasteiger charge is -2.44. The standard InChI is InChI=1S/C9H18N2O/c1-9(2)8(12)3-4-11(9)7-5-10-6-7/h7-8,10,12H,3-6H2,1-2H3. The summed E-state index contributed by atoms with van der Waals surface area (Å²) in [5.74, 6) is 0. The van der Waals surface area contributed by atoms with Gasteiger partial charge >= 0.3 is 0 Å². The van der Waals surface area contributed by atoms with Crippen molar-refractivity contribution in [3.63, 3.8) is 0 Å². The largest absolute Gasteiger partial charge is 0.391 e. The molecule has 0 aromatic heterocycles. The highest BCUT2D eigenvalue weighted by atomic mass is 16.3. The minimum atomic E-state index is -0.141. The number of hydrogen-bond donors (Lipinski definition) is 2. The highest BCUT2D eigenvalue weighted by Crippen LogP contribution is 2.31. The third kappa shape index (κ3) is 1.08. The van der Waals surface area contributed by atoms with E-state index in [2.05, 4.69) is 24.1 Å². The number of nitrogens with one attached hydrogen (secondary N) is 1. The third-order valence-electron chi connectivity index (χ3n) is 3.40. The Morgan fingerprint density at radius 3 is 2.42 bits per heavy atom. The third-order valence-corrected chi connectivity index (χ3v) is 3.40. The fourth-order valence-electron chi connectivity index (χ4n) is 2.24. The highest BCUT2D eigenvalue weighted by molar-refractivity contribution is 5.01. The summed E-state index contributed by atoms with van der Waals surface area (Å²) in [6, 6.07) is 0.664. The molecule has 0 saturated carbocycles. The van der Waals surface area contributed by atoms with Gasteiger partial charge in [0.15, 0.2) is 0 Å². The molecule has 2 rings (SSSR count). The van der Waals surface area contributed by atoms with Crippen molar-refractivity contribution in [3.05, 3.63) is 0 Å². The first-order valence-corrected chi connectivity index (χ1v) is 4.78. The molecule has 2 N–H and O–H groups in total. The summed E-state index contributed by atoms with van der Waals surface area (Å²) in [4.78, 5) is 2.44. The van der Waals surface area contributed by atoms with Crippen LogP contribution in [0.2, 0.25) is 0 Å². The van der Waals surface area contributed by atoms with E-state index in [1.807, 2.05) is 0 Å². The fraction of sp³-hybridized carbons (Fsp3) is 1.00. The van der Waals surface area contributed by atoms with Gasteiger partial charge in [0.05, 0.1) is 6.10 Å². The van der Waals surface area contributed by atoms with Crippen LogP contribution >= 0.6 is 0 Å². The monoisotopic (exact) mass is 170 g/mol. The van der Waals surface area contributed by atoms with Gasteiger partial charge in [0.1, 0.15) is 0 Å². The molecular weight excluding hydrogens is 152 g/mol. The van der Waals surface area contributed by atoms with Gasteiger partial charge in [-0.2, -0.15) is 0 Å². The van der Waals surface area contributed by atoms with Crippen LogP contribution in [0.25, 0.3) is 0 Å². The number of aliphatic hydroxyl groups is 1. The van der Waals surface area contributed by atoms with E-state index in [1.54, 1.807) is 0 Å². The zero-order valence-corrected chi connectivity index (χ0v) is 7.88. The van der Waals surface area contributed by atoms with E-state index in [4.69, 9.17) is 0 Å². The van der Waals surface area contributed by atoms with Gasteiger partial charge in [-0.25, -0.2) is 0 Å². The quantitative estimate of drug-likeness (QED) is 0.572. The Hall–Kier alpha value is -0.120. The van der Waals surface area contributed by atoms with Gasteiger partial charge < -0.3 is 10.4 Å². The molecule has 0 bridgehead atoms. The van der Waals surface area contributed by atoms with Crippen molar-refractivity contribution in [1.29, 1.82) is 0 Å². The fourth-order valence-corrected chi connectivity index (χ4v) is 2.24. The molecule has 2 saturated heterocycles. The number of hydrogen-bond acceptors (Lipinski definition) is 3. The van der Waals surface area contributed by atoms with E-state index in [1.165, 1.54) is 0 Å². The van der Waals surface area contributed by atoms with Crippen molar-refractivity contribution in [2.45, 2.75) is 38.0 Å². The molecule has 1 atom stereocenters. The Morgan fingerprint density at radius 2 is 2.08 bits per heavy atom. The second-order valence-electron chi connectivity index (χ2n) is 4.46. The van der Waals surface area contributed by atoms with Crippen molar-refractivity contribution < 1.29 is 5.11 Å². The van der Waals surface area contributed by atoms with Gasteiger partial charge in [-0.3, -0.25) is 4.90 Å². The second kappa shape index (κ2) is 2.69. The van der Waals surface area contributed by atoms with Crippen molar-refractivity contribution in [2.75, 3.05) is 19.6 Å². The SMILES string of the molecule is CC1(C)C(O)CCN1C1CNC1. The first kappa shape index (κ1) is 8.48. The molecule has 12 heavy (non-hydrogen) atoms. The lowest BCUT2D eigenvalue weighted by Crippen LogP contribution is -2.62. The molecule has 2 aliphatic heterocycles. The Bertz CT molecular complexity index is 177. The van der Waals surface area contributed by atoms with Gasteiger partial charge in [0.2, 0.25) is 0 Å². The average molecular weight is 170 g/mol. The molecule has 0 spiro atoms. The topological polar surface area (TPSA) is 35.5 Å². The smallest absolute Gasteiger partial charge is 0.0730 e.